The van der Waals surface area contributed by atoms with Gasteiger partial charge in [-0.25, -0.2) is 8.42 Å². The molecule has 0 bridgehead atoms. The van der Waals surface area contributed by atoms with Crippen LogP contribution in [-0.4, -0.2) is 64.0 Å². The molecule has 0 atom stereocenters. The molecule has 1 aromatic heterocycles. The van der Waals surface area contributed by atoms with Crippen LogP contribution in [0, 0.1) is 6.92 Å². The Morgan fingerprint density at radius 2 is 1.76 bits per heavy atom. The molecule has 0 spiro atoms. The number of hydrogen-bond donors (Lipinski definition) is 0. The summed E-state index contributed by atoms with van der Waals surface area (Å²) in [6, 6.07) is 14.4. The van der Waals surface area contributed by atoms with Crippen molar-refractivity contribution in [1.82, 2.24) is 29.4 Å². The number of aromatic nitrogens is 4. The van der Waals surface area contributed by atoms with Gasteiger partial charge in [-0.3, -0.25) is 4.90 Å². The number of halogens is 1. The van der Waals surface area contributed by atoms with E-state index in [0.717, 1.165) is 11.5 Å². The molecular weight excluding hydrogens is 412 g/mol. The third-order valence-corrected chi connectivity index (χ3v) is 7.07. The minimum atomic E-state index is -3.55. The van der Waals surface area contributed by atoms with Crippen LogP contribution in [0.5, 0.6) is 0 Å². The maximum atomic E-state index is 12.8. The lowest BCUT2D eigenvalue weighted by Crippen LogP contribution is -2.48. The van der Waals surface area contributed by atoms with E-state index < -0.39 is 10.0 Å². The first kappa shape index (κ1) is 20.0. The Morgan fingerprint density at radius 1 is 1.03 bits per heavy atom. The zero-order valence-electron chi connectivity index (χ0n) is 15.9. The van der Waals surface area contributed by atoms with Crippen molar-refractivity contribution in [3.8, 4) is 5.69 Å². The standard InChI is InChI=1S/C19H21ClN6O2S/c1-15-5-7-17(8-6-15)26-19(21-22-23-26)14-24-9-11-25(12-10-24)29(27,28)18-4-2-3-16(20)13-18/h2-8,13H,9-12,14H2,1H3. The highest BCUT2D eigenvalue weighted by Crippen LogP contribution is 2.21. The molecule has 152 valence electrons. The van der Waals surface area contributed by atoms with Crippen molar-refractivity contribution < 1.29 is 8.42 Å². The van der Waals surface area contributed by atoms with Crippen molar-refractivity contribution in [2.75, 3.05) is 26.2 Å². The van der Waals surface area contributed by atoms with Crippen LogP contribution in [0.2, 0.25) is 5.02 Å². The molecule has 10 heteroatoms. The van der Waals surface area contributed by atoms with E-state index in [2.05, 4.69) is 20.4 Å². The van der Waals surface area contributed by atoms with Gasteiger partial charge < -0.3 is 0 Å². The molecular formula is C19H21ClN6O2S. The predicted octanol–water partition coefficient (Wildman–Crippen LogP) is 2.13. The van der Waals surface area contributed by atoms with Gasteiger partial charge >= 0.3 is 0 Å². The number of aryl methyl sites for hydroxylation is 1. The van der Waals surface area contributed by atoms with Gasteiger partial charge in [0, 0.05) is 31.2 Å². The smallest absolute Gasteiger partial charge is 0.243 e. The Labute approximate surface area is 174 Å². The van der Waals surface area contributed by atoms with Gasteiger partial charge in [0.05, 0.1) is 17.1 Å². The molecule has 29 heavy (non-hydrogen) atoms. The van der Waals surface area contributed by atoms with Crippen molar-refractivity contribution in [1.29, 1.82) is 0 Å². The van der Waals surface area contributed by atoms with Crippen molar-refractivity contribution in [3.63, 3.8) is 0 Å². The van der Waals surface area contributed by atoms with Crippen LogP contribution >= 0.6 is 11.6 Å². The highest BCUT2D eigenvalue weighted by molar-refractivity contribution is 7.89. The van der Waals surface area contributed by atoms with Crippen LogP contribution in [-0.2, 0) is 16.6 Å². The molecule has 0 amide bonds. The van der Waals surface area contributed by atoms with E-state index in [0.29, 0.717) is 37.7 Å². The van der Waals surface area contributed by atoms with Gasteiger partial charge in [0.15, 0.2) is 5.82 Å². The Kier molecular flexibility index (Phi) is 5.64. The van der Waals surface area contributed by atoms with Gasteiger partial charge in [-0.1, -0.05) is 35.4 Å². The first-order chi connectivity index (χ1) is 13.9. The van der Waals surface area contributed by atoms with E-state index in [4.69, 9.17) is 11.6 Å². The first-order valence-electron chi connectivity index (χ1n) is 9.26. The molecule has 2 aromatic carbocycles. The molecule has 1 aliphatic rings. The molecule has 3 aromatic rings. The topological polar surface area (TPSA) is 84.2 Å². The van der Waals surface area contributed by atoms with Gasteiger partial charge in [0.2, 0.25) is 10.0 Å². The summed E-state index contributed by atoms with van der Waals surface area (Å²) in [6.07, 6.45) is 0. The number of benzene rings is 2. The average Bonchev–Trinajstić information content (AvgIpc) is 3.17. The second-order valence-electron chi connectivity index (χ2n) is 6.98. The fraction of sp³-hybridized carbons (Fsp3) is 0.316. The summed E-state index contributed by atoms with van der Waals surface area (Å²) in [5.41, 5.74) is 2.07. The minimum Gasteiger partial charge on any atom is -0.293 e. The Bertz CT molecular complexity index is 1090. The van der Waals surface area contributed by atoms with Crippen molar-refractivity contribution >= 4 is 21.6 Å². The summed E-state index contributed by atoms with van der Waals surface area (Å²) in [7, 11) is -3.55. The number of sulfonamides is 1. The molecule has 0 saturated carbocycles. The molecule has 0 N–H and O–H groups in total. The second kappa shape index (κ2) is 8.19. The molecule has 0 aliphatic carbocycles. The normalized spacial score (nSPS) is 16.2. The maximum Gasteiger partial charge on any atom is 0.243 e. The number of hydrogen-bond acceptors (Lipinski definition) is 6. The van der Waals surface area contributed by atoms with Crippen LogP contribution in [0.3, 0.4) is 0 Å². The highest BCUT2D eigenvalue weighted by Gasteiger charge is 2.29. The third-order valence-electron chi connectivity index (χ3n) is 4.94. The SMILES string of the molecule is Cc1ccc(-n2nnnc2CN2CCN(S(=O)(=O)c3cccc(Cl)c3)CC2)cc1. The van der Waals surface area contributed by atoms with Gasteiger partial charge in [-0.05, 0) is 47.7 Å². The zero-order chi connectivity index (χ0) is 20.4. The molecule has 1 fully saturated rings. The molecule has 0 radical (unpaired) electrons. The summed E-state index contributed by atoms with van der Waals surface area (Å²) < 4.78 is 28.9. The summed E-state index contributed by atoms with van der Waals surface area (Å²) >= 11 is 5.95. The van der Waals surface area contributed by atoms with Crippen LogP contribution < -0.4 is 0 Å². The van der Waals surface area contributed by atoms with Gasteiger partial charge in [-0.15, -0.1) is 5.10 Å². The Balaban J connectivity index is 1.42. The lowest BCUT2D eigenvalue weighted by molar-refractivity contribution is 0.177. The van der Waals surface area contributed by atoms with Crippen LogP contribution in [0.25, 0.3) is 5.69 Å². The summed E-state index contributed by atoms with van der Waals surface area (Å²) in [5, 5.41) is 12.5. The summed E-state index contributed by atoms with van der Waals surface area (Å²) in [4.78, 5) is 2.38. The molecule has 2 heterocycles. The van der Waals surface area contributed by atoms with Gasteiger partial charge in [0.1, 0.15) is 0 Å². The molecule has 1 saturated heterocycles. The minimum absolute atomic E-state index is 0.224. The predicted molar refractivity (Wildman–Crippen MR) is 109 cm³/mol. The third kappa shape index (κ3) is 4.32. The molecule has 1 aliphatic heterocycles. The van der Waals surface area contributed by atoms with E-state index in [9.17, 15) is 8.42 Å². The first-order valence-corrected chi connectivity index (χ1v) is 11.1. The number of nitrogens with zero attached hydrogens (tertiary/aromatic N) is 6. The molecule has 4 rings (SSSR count). The van der Waals surface area contributed by atoms with E-state index in [-0.39, 0.29) is 4.90 Å². The lowest BCUT2D eigenvalue weighted by atomic mass is 10.2. The summed E-state index contributed by atoms with van der Waals surface area (Å²) in [5.74, 6) is 0.722. The monoisotopic (exact) mass is 432 g/mol. The van der Waals surface area contributed by atoms with E-state index in [1.54, 1.807) is 22.9 Å². The van der Waals surface area contributed by atoms with Crippen LogP contribution in [0.15, 0.2) is 53.4 Å². The Morgan fingerprint density at radius 3 is 2.45 bits per heavy atom. The van der Waals surface area contributed by atoms with Crippen LogP contribution in [0.4, 0.5) is 0 Å². The average molecular weight is 433 g/mol. The van der Waals surface area contributed by atoms with E-state index >= 15 is 0 Å². The van der Waals surface area contributed by atoms with E-state index in [1.807, 2.05) is 31.2 Å². The quantitative estimate of drug-likeness (QED) is 0.614. The van der Waals surface area contributed by atoms with Crippen molar-refractivity contribution in [2.45, 2.75) is 18.4 Å². The van der Waals surface area contributed by atoms with Crippen molar-refractivity contribution in [2.24, 2.45) is 0 Å². The van der Waals surface area contributed by atoms with Gasteiger partial charge in [0.25, 0.3) is 0 Å². The fourth-order valence-electron chi connectivity index (χ4n) is 3.30. The Hall–Kier alpha value is -2.33. The lowest BCUT2D eigenvalue weighted by Gasteiger charge is -2.33. The van der Waals surface area contributed by atoms with Crippen molar-refractivity contribution in [3.05, 3.63) is 64.9 Å². The number of tetrazole rings is 1. The highest BCUT2D eigenvalue weighted by atomic mass is 35.5. The van der Waals surface area contributed by atoms with Gasteiger partial charge in [-0.2, -0.15) is 8.99 Å². The summed E-state index contributed by atoms with van der Waals surface area (Å²) in [6.45, 7) is 4.58. The van der Waals surface area contributed by atoms with E-state index in [1.165, 1.54) is 15.9 Å². The zero-order valence-corrected chi connectivity index (χ0v) is 17.5. The fourth-order valence-corrected chi connectivity index (χ4v) is 5.02. The second-order valence-corrected chi connectivity index (χ2v) is 9.35. The maximum absolute atomic E-state index is 12.8. The largest absolute Gasteiger partial charge is 0.293 e. The number of rotatable bonds is 5. The molecule has 8 nitrogen and oxygen atoms in total. The molecule has 0 unspecified atom stereocenters. The number of piperazine rings is 1. The van der Waals surface area contributed by atoms with Crippen LogP contribution in [0.1, 0.15) is 11.4 Å².